The number of hydrogen-bond donors (Lipinski definition) is 2. The van der Waals surface area contributed by atoms with Gasteiger partial charge in [0.05, 0.1) is 22.4 Å². The number of alkyl carbamates (subject to hydrolysis) is 1. The third-order valence-electron chi connectivity index (χ3n) is 8.61. The molecule has 2 aromatic carbocycles. The highest BCUT2D eigenvalue weighted by Crippen LogP contribution is 2.49. The van der Waals surface area contributed by atoms with Crippen molar-refractivity contribution in [3.05, 3.63) is 83.4 Å². The van der Waals surface area contributed by atoms with Gasteiger partial charge in [0.1, 0.15) is 31.1 Å². The van der Waals surface area contributed by atoms with E-state index in [-0.39, 0.29) is 41.5 Å². The first kappa shape index (κ1) is 35.7. The Morgan fingerprint density at radius 3 is 2.37 bits per heavy atom. The van der Waals surface area contributed by atoms with Crippen molar-refractivity contribution in [2.75, 3.05) is 6.61 Å². The van der Waals surface area contributed by atoms with Gasteiger partial charge in [0.2, 0.25) is 0 Å². The number of nitrogens with one attached hydrogen (secondary N) is 1. The Morgan fingerprint density at radius 1 is 1.08 bits per heavy atom. The van der Waals surface area contributed by atoms with Crippen LogP contribution in [0.2, 0.25) is 5.02 Å². The van der Waals surface area contributed by atoms with E-state index in [1.807, 2.05) is 26.1 Å². The van der Waals surface area contributed by atoms with Crippen LogP contribution in [-0.2, 0) is 15.1 Å². The Bertz CT molecular complexity index is 1960. The van der Waals surface area contributed by atoms with Crippen molar-refractivity contribution in [3.63, 3.8) is 0 Å². The number of alkyl halides is 5. The molecule has 2 aliphatic rings. The number of rotatable bonds is 10. The molecule has 1 fully saturated rings. The second-order valence-electron chi connectivity index (χ2n) is 13.5. The van der Waals surface area contributed by atoms with E-state index >= 15 is 0 Å². The van der Waals surface area contributed by atoms with Crippen LogP contribution in [0.4, 0.5) is 26.7 Å². The van der Waals surface area contributed by atoms with Gasteiger partial charge in [-0.05, 0) is 60.1 Å². The number of hydrogen-bond acceptors (Lipinski definition) is 9. The van der Waals surface area contributed by atoms with Crippen molar-refractivity contribution in [1.82, 2.24) is 39.7 Å². The number of halogens is 6. The van der Waals surface area contributed by atoms with Gasteiger partial charge in [-0.15, -0.1) is 0 Å². The number of carbonyl (C=O) groups is 2. The number of ether oxygens (including phenoxy) is 1. The minimum atomic E-state index is -4.71. The van der Waals surface area contributed by atoms with Gasteiger partial charge in [0.15, 0.2) is 17.3 Å². The molecule has 0 saturated heterocycles. The van der Waals surface area contributed by atoms with Crippen molar-refractivity contribution in [3.8, 4) is 11.4 Å². The molecule has 6 rings (SSSR count). The first-order valence-electron chi connectivity index (χ1n) is 15.6. The maximum atomic E-state index is 14.8. The van der Waals surface area contributed by atoms with Crippen LogP contribution in [0.5, 0.6) is 0 Å². The molecule has 3 heterocycles. The lowest BCUT2D eigenvalue weighted by atomic mass is 9.75. The molecule has 4 aromatic rings. The van der Waals surface area contributed by atoms with E-state index in [1.165, 1.54) is 35.5 Å². The second kappa shape index (κ2) is 12.9. The third kappa shape index (κ3) is 6.83. The van der Waals surface area contributed by atoms with Crippen molar-refractivity contribution in [2.24, 2.45) is 16.1 Å². The Kier molecular flexibility index (Phi) is 9.02. The van der Waals surface area contributed by atoms with Gasteiger partial charge in [-0.25, -0.2) is 37.9 Å². The van der Waals surface area contributed by atoms with E-state index < -0.39 is 59.6 Å². The van der Waals surface area contributed by atoms with Gasteiger partial charge >= 0.3 is 12.3 Å². The van der Waals surface area contributed by atoms with Crippen LogP contribution in [0, 0.1) is 5.41 Å². The summed E-state index contributed by atoms with van der Waals surface area (Å²) in [5.41, 5.74) is 3.22. The van der Waals surface area contributed by atoms with E-state index in [4.69, 9.17) is 27.1 Å². The van der Waals surface area contributed by atoms with Crippen LogP contribution in [0.1, 0.15) is 69.5 Å². The fraction of sp³-hybridized carbons (Fsp3) is 0.406. The number of guanidine groups is 1. The van der Waals surface area contributed by atoms with Crippen LogP contribution in [-0.4, -0.2) is 70.7 Å². The Labute approximate surface area is 292 Å². The maximum Gasteiger partial charge on any atom is 0.411 e. The molecular weight excluding hydrogens is 703 g/mol. The van der Waals surface area contributed by atoms with Crippen LogP contribution in [0.15, 0.2) is 66.4 Å². The fourth-order valence-electron chi connectivity index (χ4n) is 6.10. The molecule has 1 saturated carbocycles. The lowest BCUT2D eigenvalue weighted by Gasteiger charge is -2.35. The second-order valence-corrected chi connectivity index (χ2v) is 13.9. The van der Waals surface area contributed by atoms with Crippen molar-refractivity contribution in [2.45, 2.75) is 69.8 Å². The molecule has 1 aliphatic heterocycles. The number of nitrogens with two attached hydrogens (primary N) is 1. The summed E-state index contributed by atoms with van der Waals surface area (Å²) in [7, 11) is 0. The number of aliphatic imine (C=N–C) groups is 1. The number of benzene rings is 2. The molecule has 270 valence electrons. The fourth-order valence-corrected chi connectivity index (χ4v) is 6.30. The highest BCUT2D eigenvalue weighted by atomic mass is 35.5. The normalized spacial score (nSPS) is 19.3. The molecule has 2 amide bonds. The number of amides is 2. The number of carbonyl (C=O) groups excluding carboxylic acids is 2. The smallest absolute Gasteiger partial charge is 0.411 e. The zero-order valence-electron chi connectivity index (χ0n) is 27.4. The molecule has 13 nitrogen and oxygen atoms in total. The van der Waals surface area contributed by atoms with E-state index in [0.717, 1.165) is 15.9 Å². The lowest BCUT2D eigenvalue weighted by Crippen LogP contribution is -2.50. The average molecular weight is 735 g/mol. The van der Waals surface area contributed by atoms with Crippen molar-refractivity contribution in [1.29, 1.82) is 0 Å². The molecule has 3 N–H and O–H groups in total. The first-order valence-corrected chi connectivity index (χ1v) is 16.0. The average Bonchev–Trinajstić information content (AvgIpc) is 3.38. The molecule has 2 aromatic heterocycles. The SMILES string of the molecule is CC(C)(C)C[C@]1(c2ccc(-n3cncn3)cc2)N=C(N)N([C@H](COC(=O)NC2(C(F)(F)F)CC2)c2ccc(Cl)c(-n3ncnc3C(F)F)c2)C1=O. The standard InChI is InChI=1S/C32H32ClF5N10O3/c1-29(2,3)14-31(19-5-7-20(8-6-19)46-17-40-15-42-46)26(49)47(27(39)44-31)23(13-51-28(50)45-30(10-11-30)32(36,37)38)18-4-9-21(33)22(12-18)48-25(24(34)35)41-16-43-48/h4-9,12,15-17,23-24H,10-11,13-14H2,1-3H3,(H2,39,44)(H,45,50)/t23-,31-/m1/s1. The zero-order valence-corrected chi connectivity index (χ0v) is 28.2. The monoisotopic (exact) mass is 734 g/mol. The van der Waals surface area contributed by atoms with Gasteiger partial charge in [0, 0.05) is 0 Å². The topological polar surface area (TPSA) is 158 Å². The summed E-state index contributed by atoms with van der Waals surface area (Å²) < 4.78 is 76.1. The van der Waals surface area contributed by atoms with Gasteiger partial charge in [0.25, 0.3) is 12.3 Å². The van der Waals surface area contributed by atoms with Crippen LogP contribution < -0.4 is 11.1 Å². The van der Waals surface area contributed by atoms with E-state index in [1.54, 1.807) is 24.3 Å². The predicted molar refractivity (Wildman–Crippen MR) is 172 cm³/mol. The number of aromatic nitrogens is 6. The summed E-state index contributed by atoms with van der Waals surface area (Å²) in [5, 5.41) is 9.86. The van der Waals surface area contributed by atoms with E-state index in [9.17, 15) is 31.5 Å². The molecule has 51 heavy (non-hydrogen) atoms. The lowest BCUT2D eigenvalue weighted by molar-refractivity contribution is -0.164. The Morgan fingerprint density at radius 2 is 1.78 bits per heavy atom. The Balaban J connectivity index is 1.41. The molecule has 0 radical (unpaired) electrons. The summed E-state index contributed by atoms with van der Waals surface area (Å²) in [6.45, 7) is 5.01. The molecule has 2 atom stereocenters. The predicted octanol–water partition coefficient (Wildman–Crippen LogP) is 5.79. The summed E-state index contributed by atoms with van der Waals surface area (Å²) in [6, 6.07) is 9.62. The highest BCUT2D eigenvalue weighted by Gasteiger charge is 2.64. The van der Waals surface area contributed by atoms with Gasteiger partial charge in [-0.3, -0.25) is 9.69 Å². The summed E-state index contributed by atoms with van der Waals surface area (Å²) in [5.74, 6) is -1.63. The molecule has 19 heteroatoms. The molecule has 0 spiro atoms. The number of nitrogens with zero attached hydrogens (tertiary/aromatic N) is 8. The van der Waals surface area contributed by atoms with Gasteiger partial charge < -0.3 is 15.8 Å². The molecular formula is C32H32ClF5N10O3. The molecule has 0 bridgehead atoms. The quantitative estimate of drug-likeness (QED) is 0.194. The largest absolute Gasteiger partial charge is 0.447 e. The third-order valence-corrected chi connectivity index (χ3v) is 8.93. The summed E-state index contributed by atoms with van der Waals surface area (Å²) >= 11 is 6.41. The maximum absolute atomic E-state index is 14.8. The van der Waals surface area contributed by atoms with Gasteiger partial charge in [-0.2, -0.15) is 23.4 Å². The molecule has 0 unspecified atom stereocenters. The van der Waals surface area contributed by atoms with Crippen LogP contribution in [0.25, 0.3) is 11.4 Å². The minimum Gasteiger partial charge on any atom is -0.447 e. The Hall–Kier alpha value is -5.13. The van der Waals surface area contributed by atoms with Gasteiger partial charge in [-0.1, -0.05) is 50.6 Å². The van der Waals surface area contributed by atoms with Crippen molar-refractivity contribution < 1.29 is 36.3 Å². The van der Waals surface area contributed by atoms with Crippen LogP contribution in [0.3, 0.4) is 0 Å². The van der Waals surface area contributed by atoms with Crippen LogP contribution >= 0.6 is 11.6 Å². The highest BCUT2D eigenvalue weighted by molar-refractivity contribution is 6.32. The minimum absolute atomic E-state index is 0.0200. The summed E-state index contributed by atoms with van der Waals surface area (Å²) in [6.07, 6.45) is -5.84. The van der Waals surface area contributed by atoms with E-state index in [0.29, 0.717) is 11.3 Å². The summed E-state index contributed by atoms with van der Waals surface area (Å²) in [4.78, 5) is 41.0. The first-order chi connectivity index (χ1) is 23.9. The zero-order chi connectivity index (χ0) is 36.9. The molecule has 1 aliphatic carbocycles. The van der Waals surface area contributed by atoms with E-state index in [2.05, 4.69) is 20.2 Å². The van der Waals surface area contributed by atoms with Crippen molar-refractivity contribution >= 4 is 29.6 Å².